The van der Waals surface area contributed by atoms with Gasteiger partial charge in [0.1, 0.15) is 11.3 Å². The maximum atomic E-state index is 4.77. The number of hydrogen-bond acceptors (Lipinski definition) is 3. The fourth-order valence-corrected chi connectivity index (χ4v) is 2.61. The van der Waals surface area contributed by atoms with Crippen LogP contribution >= 0.6 is 0 Å². The van der Waals surface area contributed by atoms with Gasteiger partial charge in [-0.1, -0.05) is 6.92 Å². The van der Waals surface area contributed by atoms with E-state index in [4.69, 9.17) is 4.98 Å². The third-order valence-corrected chi connectivity index (χ3v) is 3.41. The highest BCUT2D eigenvalue weighted by atomic mass is 15.1. The van der Waals surface area contributed by atoms with Crippen molar-refractivity contribution in [2.75, 3.05) is 13.1 Å². The number of nitrogens with zero attached hydrogens (tertiary/aromatic N) is 3. The molecule has 90 valence electrons. The predicted octanol–water partition coefficient (Wildman–Crippen LogP) is 1.92. The van der Waals surface area contributed by atoms with Crippen LogP contribution in [-0.4, -0.2) is 27.6 Å². The molecule has 0 saturated carbocycles. The van der Waals surface area contributed by atoms with Gasteiger partial charge >= 0.3 is 0 Å². The van der Waals surface area contributed by atoms with Gasteiger partial charge in [0.2, 0.25) is 0 Å². The lowest BCUT2D eigenvalue weighted by Crippen LogP contribution is -2.13. The fourth-order valence-electron chi connectivity index (χ4n) is 2.61. The molecule has 0 aliphatic carbocycles. The summed E-state index contributed by atoms with van der Waals surface area (Å²) in [5.74, 6) is 1.77. The van der Waals surface area contributed by atoms with Gasteiger partial charge in [0.15, 0.2) is 5.65 Å². The van der Waals surface area contributed by atoms with Crippen LogP contribution in [0.3, 0.4) is 0 Å². The van der Waals surface area contributed by atoms with Gasteiger partial charge in [-0.15, -0.1) is 0 Å². The van der Waals surface area contributed by atoms with E-state index >= 15 is 0 Å². The van der Waals surface area contributed by atoms with Crippen molar-refractivity contribution in [1.82, 2.24) is 19.9 Å². The molecule has 1 unspecified atom stereocenters. The smallest absolute Gasteiger partial charge is 0.159 e. The van der Waals surface area contributed by atoms with E-state index in [-0.39, 0.29) is 0 Å². The van der Waals surface area contributed by atoms with Crippen LogP contribution in [0.1, 0.15) is 31.5 Å². The van der Waals surface area contributed by atoms with Gasteiger partial charge in [-0.25, -0.2) is 9.97 Å². The summed E-state index contributed by atoms with van der Waals surface area (Å²) in [6.45, 7) is 5.37. The Bertz CT molecular complexity index is 511. The van der Waals surface area contributed by atoms with Crippen molar-refractivity contribution in [3.8, 4) is 0 Å². The molecule has 1 N–H and O–H groups in total. The van der Waals surface area contributed by atoms with Crippen LogP contribution in [0, 0.1) is 0 Å². The minimum atomic E-state index is 0.552. The zero-order chi connectivity index (χ0) is 11.7. The van der Waals surface area contributed by atoms with E-state index < -0.39 is 0 Å². The molecule has 1 aliphatic heterocycles. The minimum Gasteiger partial charge on any atom is -0.316 e. The quantitative estimate of drug-likeness (QED) is 0.876. The first-order valence-corrected chi connectivity index (χ1v) is 6.42. The predicted molar refractivity (Wildman–Crippen MR) is 68.0 cm³/mol. The molecule has 1 fully saturated rings. The number of fused-ring (bicyclic) bond motifs is 1. The zero-order valence-corrected chi connectivity index (χ0v) is 10.2. The summed E-state index contributed by atoms with van der Waals surface area (Å²) in [4.78, 5) is 9.25. The molecule has 2 aromatic heterocycles. The van der Waals surface area contributed by atoms with Crippen molar-refractivity contribution in [3.05, 3.63) is 24.2 Å². The number of nitrogens with one attached hydrogen (secondary N) is 1. The third kappa shape index (κ3) is 1.82. The summed E-state index contributed by atoms with van der Waals surface area (Å²) in [6.07, 6.45) is 4.16. The lowest BCUT2D eigenvalue weighted by Gasteiger charge is -2.11. The Morgan fingerprint density at radius 2 is 2.47 bits per heavy atom. The Morgan fingerprint density at radius 3 is 3.24 bits per heavy atom. The monoisotopic (exact) mass is 230 g/mol. The molecular formula is C13H18N4. The largest absolute Gasteiger partial charge is 0.316 e. The van der Waals surface area contributed by atoms with Crippen molar-refractivity contribution in [1.29, 1.82) is 0 Å². The van der Waals surface area contributed by atoms with E-state index in [0.717, 1.165) is 37.2 Å². The average molecular weight is 230 g/mol. The van der Waals surface area contributed by atoms with Crippen LogP contribution in [0.25, 0.3) is 11.2 Å². The number of aryl methyl sites for hydroxylation is 1. The Balaban J connectivity index is 2.11. The molecule has 1 atom stereocenters. The summed E-state index contributed by atoms with van der Waals surface area (Å²) in [6, 6.07) is 4.02. The Hall–Kier alpha value is -1.42. The number of imidazole rings is 1. The summed E-state index contributed by atoms with van der Waals surface area (Å²) >= 11 is 0. The van der Waals surface area contributed by atoms with E-state index in [1.807, 2.05) is 12.3 Å². The van der Waals surface area contributed by atoms with Gasteiger partial charge in [-0.05, 0) is 31.5 Å². The molecule has 3 heterocycles. The topological polar surface area (TPSA) is 42.7 Å². The highest BCUT2D eigenvalue weighted by Gasteiger charge is 2.23. The van der Waals surface area contributed by atoms with Crippen molar-refractivity contribution in [2.24, 2.45) is 0 Å². The maximum absolute atomic E-state index is 4.77. The first-order valence-electron chi connectivity index (χ1n) is 6.42. The average Bonchev–Trinajstić information content (AvgIpc) is 2.97. The molecule has 3 rings (SSSR count). The molecule has 0 bridgehead atoms. The summed E-state index contributed by atoms with van der Waals surface area (Å²) in [5.41, 5.74) is 2.07. The maximum Gasteiger partial charge on any atom is 0.159 e. The van der Waals surface area contributed by atoms with Gasteiger partial charge in [-0.2, -0.15) is 0 Å². The zero-order valence-electron chi connectivity index (χ0n) is 10.2. The Kier molecular flexibility index (Phi) is 2.81. The second kappa shape index (κ2) is 4.45. The van der Waals surface area contributed by atoms with Gasteiger partial charge in [0.05, 0.1) is 0 Å². The van der Waals surface area contributed by atoms with Crippen molar-refractivity contribution in [2.45, 2.75) is 32.2 Å². The molecule has 4 nitrogen and oxygen atoms in total. The van der Waals surface area contributed by atoms with Gasteiger partial charge in [0, 0.05) is 25.2 Å². The molecule has 17 heavy (non-hydrogen) atoms. The SMILES string of the molecule is CCCn1c(C2CCNC2)nc2cccnc21. The summed E-state index contributed by atoms with van der Waals surface area (Å²) in [7, 11) is 0. The van der Waals surface area contributed by atoms with Crippen LogP contribution in [0.5, 0.6) is 0 Å². The Morgan fingerprint density at radius 1 is 1.53 bits per heavy atom. The molecule has 0 aromatic carbocycles. The second-order valence-corrected chi connectivity index (χ2v) is 4.66. The van der Waals surface area contributed by atoms with E-state index in [1.54, 1.807) is 0 Å². The van der Waals surface area contributed by atoms with Crippen LogP contribution < -0.4 is 5.32 Å². The molecule has 4 heteroatoms. The van der Waals surface area contributed by atoms with Crippen LogP contribution in [0.2, 0.25) is 0 Å². The van der Waals surface area contributed by atoms with Crippen molar-refractivity contribution >= 4 is 11.2 Å². The lowest BCUT2D eigenvalue weighted by atomic mass is 10.1. The summed E-state index contributed by atoms with van der Waals surface area (Å²) < 4.78 is 2.30. The molecule has 0 radical (unpaired) electrons. The number of aromatic nitrogens is 3. The third-order valence-electron chi connectivity index (χ3n) is 3.41. The molecule has 1 aliphatic rings. The number of hydrogen-bond donors (Lipinski definition) is 1. The van der Waals surface area contributed by atoms with Gasteiger partial charge in [0.25, 0.3) is 0 Å². The van der Waals surface area contributed by atoms with Crippen LogP contribution in [0.15, 0.2) is 18.3 Å². The van der Waals surface area contributed by atoms with E-state index in [1.165, 1.54) is 12.2 Å². The normalized spacial score (nSPS) is 20.2. The van der Waals surface area contributed by atoms with E-state index in [0.29, 0.717) is 5.92 Å². The molecule has 2 aromatic rings. The number of rotatable bonds is 3. The van der Waals surface area contributed by atoms with Gasteiger partial charge < -0.3 is 9.88 Å². The van der Waals surface area contributed by atoms with Gasteiger partial charge in [-0.3, -0.25) is 0 Å². The highest BCUT2D eigenvalue weighted by Crippen LogP contribution is 2.25. The van der Waals surface area contributed by atoms with Crippen molar-refractivity contribution < 1.29 is 0 Å². The molecule has 1 saturated heterocycles. The number of pyridine rings is 1. The minimum absolute atomic E-state index is 0.552. The standard InChI is InChI=1S/C13H18N4/c1-2-8-17-12(10-5-7-14-9-10)16-11-4-3-6-15-13(11)17/h3-4,6,10,14H,2,5,7-9H2,1H3. The van der Waals surface area contributed by atoms with Crippen LogP contribution in [0.4, 0.5) is 0 Å². The first-order chi connectivity index (χ1) is 8.40. The fraction of sp³-hybridized carbons (Fsp3) is 0.538. The van der Waals surface area contributed by atoms with Crippen molar-refractivity contribution in [3.63, 3.8) is 0 Å². The van der Waals surface area contributed by atoms with E-state index in [9.17, 15) is 0 Å². The second-order valence-electron chi connectivity index (χ2n) is 4.66. The summed E-state index contributed by atoms with van der Waals surface area (Å²) in [5, 5.41) is 3.41. The first kappa shape index (κ1) is 10.7. The Labute approximate surface area is 101 Å². The van der Waals surface area contributed by atoms with Crippen LogP contribution in [-0.2, 0) is 6.54 Å². The molecular weight excluding hydrogens is 212 g/mol. The van der Waals surface area contributed by atoms with E-state index in [2.05, 4.69) is 27.9 Å². The highest BCUT2D eigenvalue weighted by molar-refractivity contribution is 5.71. The lowest BCUT2D eigenvalue weighted by molar-refractivity contribution is 0.598. The molecule has 0 amide bonds. The molecule has 0 spiro atoms.